The Hall–Kier alpha value is -4.86. The lowest BCUT2D eigenvalue weighted by Gasteiger charge is -2.47. The molecule has 2 atom stereocenters. The number of piperazine rings is 1. The fourth-order valence-corrected chi connectivity index (χ4v) is 10.2. The Labute approximate surface area is 331 Å². The monoisotopic (exact) mass is 776 g/mol. The van der Waals surface area contributed by atoms with Gasteiger partial charge >= 0.3 is 11.8 Å². The van der Waals surface area contributed by atoms with E-state index in [4.69, 9.17) is 34.9 Å². The number of pyridine rings is 1. The highest BCUT2D eigenvalue weighted by Crippen LogP contribution is 2.43. The molecule has 12 heteroatoms. The second-order valence-electron chi connectivity index (χ2n) is 16.4. The van der Waals surface area contributed by atoms with Gasteiger partial charge in [-0.25, -0.2) is 18.6 Å². The molecule has 7 heterocycles. The van der Waals surface area contributed by atoms with Crippen LogP contribution >= 0.6 is 0 Å². The minimum Gasteiger partial charge on any atom is -0.461 e. The second kappa shape index (κ2) is 15.5. The third-order valence-corrected chi connectivity index (χ3v) is 13.1. The number of anilines is 1. The van der Waals surface area contributed by atoms with E-state index in [0.717, 1.165) is 77.3 Å². The van der Waals surface area contributed by atoms with Crippen LogP contribution < -0.4 is 15.5 Å². The zero-order valence-corrected chi connectivity index (χ0v) is 32.9. The number of fused-ring (bicyclic) bond motifs is 4. The zero-order chi connectivity index (χ0) is 39.3. The molecular weight excluding hydrogens is 727 g/mol. The fraction of sp³-hybridized carbons (Fsp3) is 0.511. The number of halogens is 2. The Bertz CT molecular complexity index is 2410. The van der Waals surface area contributed by atoms with Crippen molar-refractivity contribution in [3.05, 3.63) is 75.4 Å². The van der Waals surface area contributed by atoms with Crippen LogP contribution in [0, 0.1) is 24.0 Å². The van der Waals surface area contributed by atoms with E-state index in [9.17, 15) is 4.79 Å². The van der Waals surface area contributed by atoms with Crippen LogP contribution in [0.25, 0.3) is 32.9 Å². The number of ether oxygens (including phenoxy) is 1. The van der Waals surface area contributed by atoms with Gasteiger partial charge in [0.15, 0.2) is 17.3 Å². The van der Waals surface area contributed by atoms with E-state index in [1.54, 1.807) is 12.1 Å². The van der Waals surface area contributed by atoms with Crippen LogP contribution in [0.5, 0.6) is 6.01 Å². The minimum absolute atomic E-state index is 0.0368. The summed E-state index contributed by atoms with van der Waals surface area (Å²) in [4.78, 5) is 34.6. The van der Waals surface area contributed by atoms with Gasteiger partial charge in [-0.15, -0.1) is 6.42 Å². The van der Waals surface area contributed by atoms with Crippen LogP contribution in [0.2, 0.25) is 0 Å². The van der Waals surface area contributed by atoms with Crippen molar-refractivity contribution in [3.63, 3.8) is 0 Å². The van der Waals surface area contributed by atoms with Gasteiger partial charge in [-0.1, -0.05) is 56.9 Å². The van der Waals surface area contributed by atoms with E-state index in [0.29, 0.717) is 83.8 Å². The number of unbranched alkanes of at least 4 members (excludes halogenated alkanes) is 2. The van der Waals surface area contributed by atoms with Gasteiger partial charge in [0.2, 0.25) is 0 Å². The molecule has 57 heavy (non-hydrogen) atoms. The summed E-state index contributed by atoms with van der Waals surface area (Å²) in [5.74, 6) is 2.56. The van der Waals surface area contributed by atoms with Crippen LogP contribution in [0.15, 0.2) is 44.0 Å². The molecule has 4 aliphatic rings. The van der Waals surface area contributed by atoms with Crippen molar-refractivity contribution in [1.82, 2.24) is 24.8 Å². The summed E-state index contributed by atoms with van der Waals surface area (Å²) in [6.45, 7) is 8.64. The summed E-state index contributed by atoms with van der Waals surface area (Å²) in [6.07, 6.45) is 16.9. The molecule has 5 aromatic rings. The smallest absolute Gasteiger partial charge is 0.461 e. The predicted octanol–water partition coefficient (Wildman–Crippen LogP) is 8.20. The molecule has 9 rings (SSSR count). The molecule has 4 aliphatic heterocycles. The molecule has 0 saturated carbocycles. The molecule has 3 saturated heterocycles. The van der Waals surface area contributed by atoms with E-state index in [1.807, 2.05) is 12.1 Å². The van der Waals surface area contributed by atoms with Crippen molar-refractivity contribution < 1.29 is 22.4 Å². The number of hydrogen-bond acceptors (Lipinski definition) is 10. The number of nitrogens with zero attached hydrogens (tertiary/aromatic N) is 6. The lowest BCUT2D eigenvalue weighted by atomic mass is 9.93. The molecule has 298 valence electrons. The number of benzene rings is 2. The Balaban J connectivity index is 1.15. The zero-order valence-electron chi connectivity index (χ0n) is 32.9. The third kappa shape index (κ3) is 6.76. The lowest BCUT2D eigenvalue weighted by molar-refractivity contribution is 0.107. The largest absolute Gasteiger partial charge is 0.519 e. The summed E-state index contributed by atoms with van der Waals surface area (Å²) in [6, 6.07) is 8.68. The second-order valence-corrected chi connectivity index (χ2v) is 16.4. The topological polar surface area (TPSA) is 101 Å². The lowest BCUT2D eigenvalue weighted by Crippen LogP contribution is -2.58. The molecule has 0 amide bonds. The number of hydrogen-bond donors (Lipinski definition) is 0. The summed E-state index contributed by atoms with van der Waals surface area (Å²) in [5, 5.41) is 1.73. The molecule has 3 fully saturated rings. The summed E-state index contributed by atoms with van der Waals surface area (Å²) in [5.41, 5.74) is 1.36. The van der Waals surface area contributed by atoms with Gasteiger partial charge in [-0.3, -0.25) is 9.80 Å². The fourth-order valence-electron chi connectivity index (χ4n) is 10.2. The van der Waals surface area contributed by atoms with E-state index in [1.165, 1.54) is 6.07 Å². The average molecular weight is 777 g/mol. The molecule has 0 bridgehead atoms. The molecule has 3 aromatic heterocycles. The molecule has 0 spiro atoms. The number of aryl methyl sites for hydroxylation is 2. The first kappa shape index (κ1) is 37.7. The molecule has 0 radical (unpaired) electrons. The van der Waals surface area contributed by atoms with Crippen molar-refractivity contribution in [2.45, 2.75) is 115 Å². The van der Waals surface area contributed by atoms with Crippen molar-refractivity contribution in [3.8, 4) is 29.6 Å². The standard InChI is InChI=1S/C45H50F2N6O4/c1-4-7-8-17-35-36(57-44(54)56-35)26-51-24-30-14-10-16-34-38-41(39(47)40(48-34)32-15-9-13-28-18-19-33(46)31(6-3)37(28)32)49-43(50-42(38)53(30)25-29(51)5-2)55-27-45-20-11-22-52(45)23-12-21-45/h3,9,13,15,18-19,29-30H,4-5,7-8,10-12,14,16-17,20-27H2,1-2H3/t29-,30?/m1/s1. The van der Waals surface area contributed by atoms with E-state index >= 15 is 8.78 Å². The van der Waals surface area contributed by atoms with Crippen LogP contribution in [-0.2, 0) is 19.4 Å². The van der Waals surface area contributed by atoms with Crippen molar-refractivity contribution in [2.24, 2.45) is 0 Å². The minimum atomic E-state index is -0.655. The maximum atomic E-state index is 17.5. The molecule has 0 N–H and O–H groups in total. The van der Waals surface area contributed by atoms with E-state index in [-0.39, 0.29) is 40.4 Å². The summed E-state index contributed by atoms with van der Waals surface area (Å²) >= 11 is 0. The van der Waals surface area contributed by atoms with Crippen LogP contribution in [0.4, 0.5) is 14.6 Å². The van der Waals surface area contributed by atoms with Crippen molar-refractivity contribution in [1.29, 1.82) is 0 Å². The first-order valence-corrected chi connectivity index (χ1v) is 20.9. The molecule has 0 aliphatic carbocycles. The van der Waals surface area contributed by atoms with Gasteiger partial charge in [-0.2, -0.15) is 9.97 Å². The average Bonchev–Trinajstić information content (AvgIpc) is 3.91. The Morgan fingerprint density at radius 3 is 2.60 bits per heavy atom. The molecule has 2 aromatic carbocycles. The number of aromatic nitrogens is 3. The van der Waals surface area contributed by atoms with Gasteiger partial charge in [0.1, 0.15) is 29.5 Å². The summed E-state index contributed by atoms with van der Waals surface area (Å²) < 4.78 is 50.4. The van der Waals surface area contributed by atoms with E-state index in [2.05, 4.69) is 34.5 Å². The maximum absolute atomic E-state index is 17.5. The number of terminal acetylenes is 1. The Kier molecular flexibility index (Phi) is 10.2. The highest BCUT2D eigenvalue weighted by molar-refractivity contribution is 6.02. The van der Waals surface area contributed by atoms with Gasteiger partial charge in [0.25, 0.3) is 0 Å². The van der Waals surface area contributed by atoms with Crippen LogP contribution in [0.3, 0.4) is 0 Å². The van der Waals surface area contributed by atoms with Crippen molar-refractivity contribution in [2.75, 3.05) is 37.7 Å². The Morgan fingerprint density at radius 1 is 0.982 bits per heavy atom. The predicted molar refractivity (Wildman–Crippen MR) is 215 cm³/mol. The first-order chi connectivity index (χ1) is 27.8. The van der Waals surface area contributed by atoms with Gasteiger partial charge in [0, 0.05) is 42.5 Å². The van der Waals surface area contributed by atoms with E-state index < -0.39 is 17.5 Å². The third-order valence-electron chi connectivity index (χ3n) is 13.1. The normalized spacial score (nSPS) is 20.7. The van der Waals surface area contributed by atoms with Gasteiger partial charge in [-0.05, 0) is 82.3 Å². The van der Waals surface area contributed by atoms with Crippen LogP contribution in [-0.4, -0.2) is 75.2 Å². The maximum Gasteiger partial charge on any atom is 0.519 e. The number of rotatable bonds is 11. The first-order valence-electron chi connectivity index (χ1n) is 20.9. The van der Waals surface area contributed by atoms with Crippen molar-refractivity contribution >= 4 is 27.5 Å². The Morgan fingerprint density at radius 2 is 1.81 bits per heavy atom. The molecule has 10 nitrogen and oxygen atoms in total. The highest BCUT2D eigenvalue weighted by Gasteiger charge is 2.45. The van der Waals surface area contributed by atoms with Gasteiger partial charge < -0.3 is 18.5 Å². The summed E-state index contributed by atoms with van der Waals surface area (Å²) in [7, 11) is 0. The SMILES string of the molecule is C#Cc1c(F)ccc2cccc(-c3nc4c5c(nc(OCC67CCCN6CCC7)nc5c3F)N3C[C@@H](CC)N(Cc5oc(=O)oc5CCCCC)CC3CCC4)c12. The quantitative estimate of drug-likeness (QED) is 0.0965. The van der Waals surface area contributed by atoms with Gasteiger partial charge in [0.05, 0.1) is 28.7 Å². The molecular formula is C45H50F2N6O4. The molecule has 1 unspecified atom stereocenters. The highest BCUT2D eigenvalue weighted by atomic mass is 19.1. The van der Waals surface area contributed by atoms with Crippen LogP contribution in [0.1, 0.15) is 101 Å².